The average Bonchev–Trinajstić information content (AvgIpc) is 2.04. The van der Waals surface area contributed by atoms with Gasteiger partial charge in [0.05, 0.1) is 0 Å². The van der Waals surface area contributed by atoms with Crippen LogP contribution in [0.1, 0.15) is 33.6 Å². The molecule has 0 bridgehead atoms. The lowest BCUT2D eigenvalue weighted by molar-refractivity contribution is 0.584. The number of hydrogen-bond acceptors (Lipinski definition) is 1. The fraction of sp³-hybridized carbons (Fsp3) is 1.00. The summed E-state index contributed by atoms with van der Waals surface area (Å²) in [5.74, 6) is 4.87. The first-order chi connectivity index (χ1) is 5.70. The van der Waals surface area contributed by atoms with E-state index in [1.165, 1.54) is 24.3 Å². The monoisotopic (exact) mass is 208 g/mol. The largest absolute Gasteiger partial charge is 0.161 e. The van der Waals surface area contributed by atoms with E-state index in [4.69, 9.17) is 11.6 Å². The van der Waals surface area contributed by atoms with Crippen LogP contribution in [0.25, 0.3) is 0 Å². The Kier molecular flexibility index (Phi) is 8.69. The number of rotatable bonds is 7. The van der Waals surface area contributed by atoms with Gasteiger partial charge in [0, 0.05) is 5.88 Å². The molecule has 0 amide bonds. The van der Waals surface area contributed by atoms with Crippen LogP contribution in [0.3, 0.4) is 0 Å². The maximum Gasteiger partial charge on any atom is 0.0257 e. The Morgan fingerprint density at radius 1 is 1.17 bits per heavy atom. The Morgan fingerprint density at radius 2 is 1.75 bits per heavy atom. The molecule has 2 unspecified atom stereocenters. The van der Waals surface area contributed by atoms with Gasteiger partial charge in [0.2, 0.25) is 0 Å². The summed E-state index contributed by atoms with van der Waals surface area (Å²) in [6.45, 7) is 6.80. The minimum atomic E-state index is 0.672. The Morgan fingerprint density at radius 3 is 2.25 bits per heavy atom. The van der Waals surface area contributed by atoms with E-state index in [2.05, 4.69) is 20.8 Å². The lowest BCUT2D eigenvalue weighted by atomic mass is 10.1. The highest BCUT2D eigenvalue weighted by atomic mass is 35.5. The molecule has 2 heteroatoms. The van der Waals surface area contributed by atoms with Crippen molar-refractivity contribution in [3.8, 4) is 0 Å². The summed E-state index contributed by atoms with van der Waals surface area (Å²) in [4.78, 5) is 0. The molecule has 0 aliphatic carbocycles. The molecule has 0 rings (SSSR count). The van der Waals surface area contributed by atoms with Crippen molar-refractivity contribution in [3.05, 3.63) is 0 Å². The first kappa shape index (κ1) is 12.6. The van der Waals surface area contributed by atoms with Gasteiger partial charge in [-0.2, -0.15) is 11.8 Å². The third kappa shape index (κ3) is 7.30. The number of thioether (sulfide) groups is 1. The summed E-state index contributed by atoms with van der Waals surface area (Å²) in [5, 5.41) is 0. The second-order valence-electron chi connectivity index (χ2n) is 3.69. The molecule has 0 aromatic rings. The van der Waals surface area contributed by atoms with Crippen LogP contribution in [0.4, 0.5) is 0 Å². The maximum atomic E-state index is 5.72. The van der Waals surface area contributed by atoms with Gasteiger partial charge < -0.3 is 0 Å². The Labute approximate surface area is 86.5 Å². The molecule has 0 N–H and O–H groups in total. The predicted molar refractivity (Wildman–Crippen MR) is 61.3 cm³/mol. The van der Waals surface area contributed by atoms with Crippen molar-refractivity contribution in [2.75, 3.05) is 17.4 Å². The molecule has 0 heterocycles. The van der Waals surface area contributed by atoms with Crippen molar-refractivity contribution in [1.29, 1.82) is 0 Å². The molecule has 12 heavy (non-hydrogen) atoms. The Hall–Kier alpha value is 0.640. The lowest BCUT2D eigenvalue weighted by Crippen LogP contribution is -2.03. The van der Waals surface area contributed by atoms with Gasteiger partial charge in [-0.25, -0.2) is 0 Å². The van der Waals surface area contributed by atoms with E-state index >= 15 is 0 Å². The highest BCUT2D eigenvalue weighted by Gasteiger charge is 2.03. The number of alkyl halides is 1. The van der Waals surface area contributed by atoms with Gasteiger partial charge in [-0.1, -0.05) is 33.6 Å². The van der Waals surface area contributed by atoms with E-state index in [0.717, 1.165) is 11.8 Å². The lowest BCUT2D eigenvalue weighted by Gasteiger charge is -2.11. The van der Waals surface area contributed by atoms with Gasteiger partial charge in [-0.3, -0.25) is 0 Å². The minimum Gasteiger partial charge on any atom is -0.161 e. The smallest absolute Gasteiger partial charge is 0.0257 e. The van der Waals surface area contributed by atoms with Crippen LogP contribution < -0.4 is 0 Å². The van der Waals surface area contributed by atoms with Gasteiger partial charge in [0.1, 0.15) is 0 Å². The van der Waals surface area contributed by atoms with Gasteiger partial charge in [-0.05, 0) is 23.3 Å². The van der Waals surface area contributed by atoms with Crippen LogP contribution in [0.15, 0.2) is 0 Å². The van der Waals surface area contributed by atoms with Crippen LogP contribution in [-0.4, -0.2) is 17.4 Å². The second-order valence-corrected chi connectivity index (χ2v) is 5.07. The first-order valence-electron chi connectivity index (χ1n) is 4.84. The summed E-state index contributed by atoms with van der Waals surface area (Å²) in [5.41, 5.74) is 0. The molecule has 0 aliphatic rings. The molecule has 0 aliphatic heterocycles. The fourth-order valence-corrected chi connectivity index (χ4v) is 2.55. The van der Waals surface area contributed by atoms with Crippen LogP contribution in [-0.2, 0) is 0 Å². The standard InChI is InChI=1S/C10H21ClS/c1-4-5-9(2)7-12-8-10(3)6-11/h9-10H,4-8H2,1-3H3. The average molecular weight is 209 g/mol. The molecule has 0 radical (unpaired) electrons. The minimum absolute atomic E-state index is 0.672. The summed E-state index contributed by atoms with van der Waals surface area (Å²) in [6, 6.07) is 0. The predicted octanol–water partition coefficient (Wildman–Crippen LogP) is 4.03. The maximum absolute atomic E-state index is 5.72. The normalized spacial score (nSPS) is 16.0. The highest BCUT2D eigenvalue weighted by Crippen LogP contribution is 2.16. The third-order valence-electron chi connectivity index (χ3n) is 1.85. The highest BCUT2D eigenvalue weighted by molar-refractivity contribution is 7.99. The van der Waals surface area contributed by atoms with Gasteiger partial charge in [0.15, 0.2) is 0 Å². The van der Waals surface area contributed by atoms with Crippen LogP contribution in [0.5, 0.6) is 0 Å². The zero-order valence-electron chi connectivity index (χ0n) is 8.48. The molecular weight excluding hydrogens is 188 g/mol. The van der Waals surface area contributed by atoms with E-state index in [-0.39, 0.29) is 0 Å². The number of hydrogen-bond donors (Lipinski definition) is 0. The number of halogens is 1. The quantitative estimate of drug-likeness (QED) is 0.570. The van der Waals surface area contributed by atoms with Gasteiger partial charge in [-0.15, -0.1) is 11.6 Å². The van der Waals surface area contributed by atoms with Crippen molar-refractivity contribution < 1.29 is 0 Å². The summed E-state index contributed by atoms with van der Waals surface area (Å²) >= 11 is 7.76. The van der Waals surface area contributed by atoms with Crippen LogP contribution >= 0.6 is 23.4 Å². The Bertz CT molecular complexity index is 95.8. The Balaban J connectivity index is 3.18. The molecule has 0 saturated carbocycles. The second kappa shape index (κ2) is 8.25. The van der Waals surface area contributed by atoms with Crippen molar-refractivity contribution in [2.45, 2.75) is 33.6 Å². The summed E-state index contributed by atoms with van der Waals surface area (Å²) < 4.78 is 0. The molecule has 0 saturated heterocycles. The topological polar surface area (TPSA) is 0 Å². The molecule has 74 valence electrons. The van der Waals surface area contributed by atoms with E-state index in [1.807, 2.05) is 11.8 Å². The van der Waals surface area contributed by atoms with E-state index in [0.29, 0.717) is 5.92 Å². The first-order valence-corrected chi connectivity index (χ1v) is 6.53. The molecule has 2 atom stereocenters. The van der Waals surface area contributed by atoms with E-state index in [9.17, 15) is 0 Å². The zero-order valence-corrected chi connectivity index (χ0v) is 10.0. The zero-order chi connectivity index (χ0) is 9.40. The third-order valence-corrected chi connectivity index (χ3v) is 3.99. The van der Waals surface area contributed by atoms with Crippen molar-refractivity contribution in [3.63, 3.8) is 0 Å². The van der Waals surface area contributed by atoms with Crippen LogP contribution in [0.2, 0.25) is 0 Å². The summed E-state index contributed by atoms with van der Waals surface area (Å²) in [7, 11) is 0. The van der Waals surface area contributed by atoms with Gasteiger partial charge >= 0.3 is 0 Å². The molecule has 0 fully saturated rings. The van der Waals surface area contributed by atoms with Crippen molar-refractivity contribution in [2.24, 2.45) is 11.8 Å². The molecular formula is C10H21ClS. The van der Waals surface area contributed by atoms with Crippen molar-refractivity contribution in [1.82, 2.24) is 0 Å². The van der Waals surface area contributed by atoms with Crippen LogP contribution in [0, 0.1) is 11.8 Å². The van der Waals surface area contributed by atoms with Crippen molar-refractivity contribution >= 4 is 23.4 Å². The molecule has 0 aromatic heterocycles. The fourth-order valence-electron chi connectivity index (χ4n) is 1.09. The molecule has 0 spiro atoms. The van der Waals surface area contributed by atoms with E-state index < -0.39 is 0 Å². The summed E-state index contributed by atoms with van der Waals surface area (Å²) in [6.07, 6.45) is 2.68. The SMILES string of the molecule is CCCC(C)CSCC(C)CCl. The van der Waals surface area contributed by atoms with E-state index in [1.54, 1.807) is 0 Å². The molecule has 0 aromatic carbocycles. The molecule has 0 nitrogen and oxygen atoms in total. The van der Waals surface area contributed by atoms with Gasteiger partial charge in [0.25, 0.3) is 0 Å².